The standard InChI is InChI=1S/C37H33N/c1-3-7-28(8-4-1)30-11-13-33-23-31(12-14-32(33)22-30)29-15-17-36(18-16-29)38(35-9-5-2-6-10-35)37-24-26-19-27(25-37)21-34(37)20-26/h1-18,22-23,26-27,34H,19-21,24-25H2. The van der Waals surface area contributed by atoms with Crippen molar-refractivity contribution in [3.8, 4) is 22.3 Å². The van der Waals surface area contributed by atoms with Gasteiger partial charge in [0.25, 0.3) is 0 Å². The van der Waals surface area contributed by atoms with Gasteiger partial charge in [-0.3, -0.25) is 0 Å². The number of hydrogen-bond acceptors (Lipinski definition) is 1. The van der Waals surface area contributed by atoms with Crippen LogP contribution in [-0.4, -0.2) is 5.54 Å². The summed E-state index contributed by atoms with van der Waals surface area (Å²) in [6.07, 6.45) is 7.05. The highest BCUT2D eigenvalue weighted by molar-refractivity contribution is 5.91. The maximum absolute atomic E-state index is 2.74. The zero-order valence-corrected chi connectivity index (χ0v) is 21.8. The van der Waals surface area contributed by atoms with Crippen molar-refractivity contribution in [3.63, 3.8) is 0 Å². The lowest BCUT2D eigenvalue weighted by Gasteiger charge is -2.45. The van der Waals surface area contributed by atoms with Gasteiger partial charge in [0.2, 0.25) is 0 Å². The topological polar surface area (TPSA) is 3.24 Å². The third-order valence-corrected chi connectivity index (χ3v) is 9.81. The molecule has 4 saturated carbocycles. The summed E-state index contributed by atoms with van der Waals surface area (Å²) in [4.78, 5) is 2.74. The first-order valence-electron chi connectivity index (χ1n) is 14.3. The van der Waals surface area contributed by atoms with Crippen LogP contribution in [0.5, 0.6) is 0 Å². The molecule has 0 saturated heterocycles. The van der Waals surface area contributed by atoms with E-state index < -0.39 is 0 Å². The van der Waals surface area contributed by atoms with Gasteiger partial charge in [-0.25, -0.2) is 0 Å². The number of benzene rings is 5. The molecule has 0 aromatic heterocycles. The molecule has 0 aliphatic heterocycles. The Morgan fingerprint density at radius 3 is 1.58 bits per heavy atom. The van der Waals surface area contributed by atoms with E-state index in [1.165, 1.54) is 76.5 Å². The Morgan fingerprint density at radius 1 is 0.474 bits per heavy atom. The largest absolute Gasteiger partial charge is 0.335 e. The maximum atomic E-state index is 2.74. The highest BCUT2D eigenvalue weighted by Gasteiger charge is 2.60. The van der Waals surface area contributed by atoms with Crippen LogP contribution in [0.25, 0.3) is 33.0 Å². The zero-order valence-electron chi connectivity index (χ0n) is 21.8. The Labute approximate surface area is 225 Å². The summed E-state index contributed by atoms with van der Waals surface area (Å²) in [5.74, 6) is 2.70. The number of nitrogens with zero attached hydrogens (tertiary/aromatic N) is 1. The van der Waals surface area contributed by atoms with Crippen LogP contribution in [0.1, 0.15) is 32.1 Å². The van der Waals surface area contributed by atoms with Crippen molar-refractivity contribution in [1.82, 2.24) is 0 Å². The molecule has 5 aromatic rings. The van der Waals surface area contributed by atoms with Gasteiger partial charge in [0.05, 0.1) is 0 Å². The monoisotopic (exact) mass is 491 g/mol. The SMILES string of the molecule is c1ccc(-c2ccc3cc(-c4ccc(N(c5ccccc5)C56CC7CC(CC5C7)C6)cc4)ccc3c2)cc1. The summed E-state index contributed by atoms with van der Waals surface area (Å²) in [6, 6.07) is 44.9. The van der Waals surface area contributed by atoms with Crippen LogP contribution in [0.15, 0.2) is 121 Å². The zero-order chi connectivity index (χ0) is 25.1. The molecule has 186 valence electrons. The van der Waals surface area contributed by atoms with Crippen molar-refractivity contribution in [2.45, 2.75) is 37.6 Å². The van der Waals surface area contributed by atoms with Gasteiger partial charge in [-0.15, -0.1) is 0 Å². The molecule has 4 aliphatic rings. The predicted octanol–water partition coefficient (Wildman–Crippen LogP) is 9.89. The van der Waals surface area contributed by atoms with Crippen molar-refractivity contribution in [1.29, 1.82) is 0 Å². The summed E-state index contributed by atoms with van der Waals surface area (Å²) in [5, 5.41) is 2.57. The van der Waals surface area contributed by atoms with Crippen LogP contribution in [0.4, 0.5) is 11.4 Å². The van der Waals surface area contributed by atoms with Gasteiger partial charge in [-0.2, -0.15) is 0 Å². The second-order valence-electron chi connectivity index (χ2n) is 12.0. The highest BCUT2D eigenvalue weighted by atomic mass is 15.2. The number of fused-ring (bicyclic) bond motifs is 1. The Hall–Kier alpha value is -3.84. The molecule has 2 unspecified atom stereocenters. The van der Waals surface area contributed by atoms with Gasteiger partial charge in [-0.05, 0) is 119 Å². The molecule has 1 nitrogen and oxygen atoms in total. The molecular formula is C37H33N. The molecular weight excluding hydrogens is 458 g/mol. The first kappa shape index (κ1) is 22.2. The van der Waals surface area contributed by atoms with Gasteiger partial charge in [0.1, 0.15) is 0 Å². The molecule has 9 rings (SSSR count). The Balaban J connectivity index is 1.14. The molecule has 4 aliphatic carbocycles. The smallest absolute Gasteiger partial charge is 0.0485 e. The minimum Gasteiger partial charge on any atom is -0.335 e. The van der Waals surface area contributed by atoms with Gasteiger partial charge in [0.15, 0.2) is 0 Å². The lowest BCUT2D eigenvalue weighted by atomic mass is 9.79. The fourth-order valence-corrected chi connectivity index (χ4v) is 8.40. The van der Waals surface area contributed by atoms with Crippen LogP contribution >= 0.6 is 0 Å². The molecule has 0 heterocycles. The minimum absolute atomic E-state index is 0.301. The Kier molecular flexibility index (Phi) is 5.02. The summed E-state index contributed by atoms with van der Waals surface area (Å²) in [7, 11) is 0. The van der Waals surface area contributed by atoms with Crippen molar-refractivity contribution < 1.29 is 0 Å². The molecule has 2 atom stereocenters. The van der Waals surface area contributed by atoms with Crippen LogP contribution in [0, 0.1) is 17.8 Å². The van der Waals surface area contributed by atoms with E-state index in [-0.39, 0.29) is 0 Å². The number of para-hydroxylation sites is 1. The molecule has 38 heavy (non-hydrogen) atoms. The van der Waals surface area contributed by atoms with Gasteiger partial charge < -0.3 is 4.90 Å². The van der Waals surface area contributed by atoms with E-state index in [0.29, 0.717) is 5.54 Å². The lowest BCUT2D eigenvalue weighted by Crippen LogP contribution is -2.47. The van der Waals surface area contributed by atoms with Crippen molar-refractivity contribution in [2.24, 2.45) is 17.8 Å². The molecule has 5 aromatic carbocycles. The first-order valence-corrected chi connectivity index (χ1v) is 14.3. The normalized spacial score (nSPS) is 25.2. The summed E-state index contributed by atoms with van der Waals surface area (Å²) in [5.41, 5.74) is 8.10. The van der Waals surface area contributed by atoms with Crippen molar-refractivity contribution >= 4 is 22.1 Å². The van der Waals surface area contributed by atoms with Crippen LogP contribution in [0.2, 0.25) is 0 Å². The van der Waals surface area contributed by atoms with Crippen molar-refractivity contribution in [2.75, 3.05) is 4.90 Å². The van der Waals surface area contributed by atoms with Gasteiger partial charge in [-0.1, -0.05) is 84.9 Å². The highest BCUT2D eigenvalue weighted by Crippen LogP contribution is 2.64. The van der Waals surface area contributed by atoms with E-state index in [2.05, 4.69) is 126 Å². The number of anilines is 2. The summed E-state index contributed by atoms with van der Waals surface area (Å²) >= 11 is 0. The van der Waals surface area contributed by atoms with Crippen molar-refractivity contribution in [3.05, 3.63) is 121 Å². The number of rotatable bonds is 5. The fraction of sp³-hybridized carbons (Fsp3) is 0.243. The van der Waals surface area contributed by atoms with Gasteiger partial charge >= 0.3 is 0 Å². The Morgan fingerprint density at radius 2 is 0.974 bits per heavy atom. The van der Waals surface area contributed by atoms with Crippen LogP contribution < -0.4 is 4.90 Å². The second kappa shape index (κ2) is 8.60. The minimum atomic E-state index is 0.301. The second-order valence-corrected chi connectivity index (χ2v) is 12.0. The summed E-state index contributed by atoms with van der Waals surface area (Å²) < 4.78 is 0. The molecule has 4 fully saturated rings. The van der Waals surface area contributed by atoms with E-state index >= 15 is 0 Å². The average molecular weight is 492 g/mol. The predicted molar refractivity (Wildman–Crippen MR) is 160 cm³/mol. The summed E-state index contributed by atoms with van der Waals surface area (Å²) in [6.45, 7) is 0. The fourth-order valence-electron chi connectivity index (χ4n) is 8.40. The van der Waals surface area contributed by atoms with Crippen LogP contribution in [-0.2, 0) is 0 Å². The molecule has 4 bridgehead atoms. The Bertz CT molecular complexity index is 1590. The van der Waals surface area contributed by atoms with E-state index in [4.69, 9.17) is 0 Å². The third-order valence-electron chi connectivity index (χ3n) is 9.81. The van der Waals surface area contributed by atoms with E-state index in [9.17, 15) is 0 Å². The molecule has 0 N–H and O–H groups in total. The van der Waals surface area contributed by atoms with Gasteiger partial charge in [0, 0.05) is 16.9 Å². The molecule has 0 radical (unpaired) electrons. The third kappa shape index (κ3) is 3.52. The first-order chi connectivity index (χ1) is 18.7. The molecule has 1 heteroatoms. The van der Waals surface area contributed by atoms with E-state index in [1.54, 1.807) is 0 Å². The van der Waals surface area contributed by atoms with E-state index in [0.717, 1.165) is 17.8 Å². The average Bonchev–Trinajstić information content (AvgIpc) is 3.37. The molecule has 0 spiro atoms. The van der Waals surface area contributed by atoms with E-state index in [1.807, 2.05) is 0 Å². The molecule has 0 amide bonds. The lowest BCUT2D eigenvalue weighted by molar-refractivity contribution is 0.266. The quantitative estimate of drug-likeness (QED) is 0.236. The number of hydrogen-bond donors (Lipinski definition) is 0. The van der Waals surface area contributed by atoms with Crippen LogP contribution in [0.3, 0.4) is 0 Å². The maximum Gasteiger partial charge on any atom is 0.0485 e.